The number of methoxy groups -OCH3 is 1. The summed E-state index contributed by atoms with van der Waals surface area (Å²) >= 11 is 0. The zero-order valence-corrected chi connectivity index (χ0v) is 10.8. The van der Waals surface area contributed by atoms with Gasteiger partial charge in [0.15, 0.2) is 0 Å². The Labute approximate surface area is 106 Å². The van der Waals surface area contributed by atoms with Gasteiger partial charge in [-0.25, -0.2) is 4.98 Å². The smallest absolute Gasteiger partial charge is 0.251 e. The molecule has 94 valence electrons. The van der Waals surface area contributed by atoms with E-state index < -0.39 is 0 Å². The number of ether oxygens (including phenoxy) is 1. The van der Waals surface area contributed by atoms with Gasteiger partial charge in [0.1, 0.15) is 12.4 Å². The molecule has 0 fully saturated rings. The summed E-state index contributed by atoms with van der Waals surface area (Å²) in [6.07, 6.45) is 0. The highest BCUT2D eigenvalue weighted by Gasteiger charge is 2.05. The molecule has 0 bridgehead atoms. The molecule has 0 unspecified atom stereocenters. The average molecular weight is 244 g/mol. The second kappa shape index (κ2) is 5.14. The first-order valence-electron chi connectivity index (χ1n) is 5.77. The summed E-state index contributed by atoms with van der Waals surface area (Å²) in [6, 6.07) is 7.54. The Hall–Kier alpha value is -1.94. The molecule has 1 aromatic carbocycles. The number of hydrogen-bond acceptors (Lipinski definition) is 3. The molecule has 0 atom stereocenters. The van der Waals surface area contributed by atoms with Crippen LogP contribution in [0.3, 0.4) is 0 Å². The SMILES string of the molecule is COCc1nc(-c2ccc(C)c(C)c2)cc(=O)[nH]1. The Morgan fingerprint density at radius 2 is 2.00 bits per heavy atom. The number of aryl methyl sites for hydroxylation is 2. The lowest BCUT2D eigenvalue weighted by Crippen LogP contribution is -2.11. The lowest BCUT2D eigenvalue weighted by Gasteiger charge is -2.06. The zero-order valence-electron chi connectivity index (χ0n) is 10.8. The van der Waals surface area contributed by atoms with Crippen molar-refractivity contribution in [2.24, 2.45) is 0 Å². The molecule has 2 aromatic rings. The van der Waals surface area contributed by atoms with Crippen molar-refractivity contribution >= 4 is 0 Å². The van der Waals surface area contributed by atoms with Crippen molar-refractivity contribution in [2.45, 2.75) is 20.5 Å². The first kappa shape index (κ1) is 12.5. The van der Waals surface area contributed by atoms with E-state index in [0.29, 0.717) is 18.1 Å². The first-order chi connectivity index (χ1) is 8.60. The molecular weight excluding hydrogens is 228 g/mol. The van der Waals surface area contributed by atoms with E-state index in [-0.39, 0.29) is 5.56 Å². The van der Waals surface area contributed by atoms with Gasteiger partial charge in [0.05, 0.1) is 5.69 Å². The van der Waals surface area contributed by atoms with Gasteiger partial charge in [-0.2, -0.15) is 0 Å². The fourth-order valence-electron chi connectivity index (χ4n) is 1.76. The maximum absolute atomic E-state index is 11.6. The van der Waals surface area contributed by atoms with Crippen molar-refractivity contribution in [3.8, 4) is 11.3 Å². The van der Waals surface area contributed by atoms with E-state index in [1.165, 1.54) is 17.2 Å². The number of rotatable bonds is 3. The van der Waals surface area contributed by atoms with Crippen LogP contribution in [0.4, 0.5) is 0 Å². The van der Waals surface area contributed by atoms with Gasteiger partial charge >= 0.3 is 0 Å². The van der Waals surface area contributed by atoms with Gasteiger partial charge in [-0.05, 0) is 31.0 Å². The number of aromatic amines is 1. The number of aromatic nitrogens is 2. The van der Waals surface area contributed by atoms with Crippen LogP contribution in [0.2, 0.25) is 0 Å². The lowest BCUT2D eigenvalue weighted by atomic mass is 10.0. The van der Waals surface area contributed by atoms with Crippen molar-refractivity contribution in [1.82, 2.24) is 9.97 Å². The van der Waals surface area contributed by atoms with Crippen molar-refractivity contribution in [1.29, 1.82) is 0 Å². The van der Waals surface area contributed by atoms with Crippen LogP contribution in [0, 0.1) is 13.8 Å². The minimum absolute atomic E-state index is 0.162. The third-order valence-corrected chi connectivity index (χ3v) is 2.87. The summed E-state index contributed by atoms with van der Waals surface area (Å²) in [5.41, 5.74) is 3.87. The maximum atomic E-state index is 11.6. The Morgan fingerprint density at radius 3 is 2.67 bits per heavy atom. The normalized spacial score (nSPS) is 10.6. The zero-order chi connectivity index (χ0) is 13.1. The van der Waals surface area contributed by atoms with E-state index >= 15 is 0 Å². The van der Waals surface area contributed by atoms with Crippen LogP contribution in [0.15, 0.2) is 29.1 Å². The number of H-pyrrole nitrogens is 1. The van der Waals surface area contributed by atoms with E-state index in [1.807, 2.05) is 25.1 Å². The molecule has 1 N–H and O–H groups in total. The summed E-state index contributed by atoms with van der Waals surface area (Å²) in [6.45, 7) is 4.40. The van der Waals surface area contributed by atoms with Crippen LogP contribution in [-0.2, 0) is 11.3 Å². The Kier molecular flexibility index (Phi) is 3.58. The molecule has 0 aliphatic carbocycles. The van der Waals surface area contributed by atoms with Gasteiger partial charge in [0.2, 0.25) is 0 Å². The van der Waals surface area contributed by atoms with Crippen molar-refractivity contribution < 1.29 is 4.74 Å². The van der Waals surface area contributed by atoms with E-state index in [1.54, 1.807) is 7.11 Å². The highest BCUT2D eigenvalue weighted by Crippen LogP contribution is 2.19. The molecule has 18 heavy (non-hydrogen) atoms. The second-order valence-electron chi connectivity index (χ2n) is 4.31. The van der Waals surface area contributed by atoms with Crippen LogP contribution >= 0.6 is 0 Å². The largest absolute Gasteiger partial charge is 0.377 e. The summed E-state index contributed by atoms with van der Waals surface area (Å²) in [7, 11) is 1.57. The molecule has 1 heterocycles. The molecule has 0 saturated heterocycles. The Balaban J connectivity index is 2.49. The number of hydrogen-bond donors (Lipinski definition) is 1. The van der Waals surface area contributed by atoms with E-state index in [0.717, 1.165) is 5.56 Å². The summed E-state index contributed by atoms with van der Waals surface area (Å²) in [4.78, 5) is 18.6. The molecule has 2 rings (SSSR count). The molecule has 0 aliphatic heterocycles. The van der Waals surface area contributed by atoms with Gasteiger partial charge in [-0.15, -0.1) is 0 Å². The average Bonchev–Trinajstić information content (AvgIpc) is 2.32. The molecule has 4 heteroatoms. The molecule has 0 saturated carbocycles. The summed E-state index contributed by atoms with van der Waals surface area (Å²) in [5, 5.41) is 0. The van der Waals surface area contributed by atoms with Crippen molar-refractivity contribution in [2.75, 3.05) is 7.11 Å². The third kappa shape index (κ3) is 2.65. The van der Waals surface area contributed by atoms with Gasteiger partial charge in [0.25, 0.3) is 5.56 Å². The lowest BCUT2D eigenvalue weighted by molar-refractivity contribution is 0.177. The quantitative estimate of drug-likeness (QED) is 0.900. The fraction of sp³-hybridized carbons (Fsp3) is 0.286. The van der Waals surface area contributed by atoms with E-state index in [4.69, 9.17) is 4.74 Å². The predicted molar refractivity (Wildman–Crippen MR) is 70.5 cm³/mol. The molecular formula is C14H16N2O2. The standard InChI is InChI=1S/C14H16N2O2/c1-9-4-5-11(6-10(9)2)12-7-14(17)16-13(15-12)8-18-3/h4-7H,8H2,1-3H3,(H,15,16,17). The minimum Gasteiger partial charge on any atom is -0.377 e. The third-order valence-electron chi connectivity index (χ3n) is 2.87. The minimum atomic E-state index is -0.162. The Morgan fingerprint density at radius 1 is 1.22 bits per heavy atom. The number of nitrogens with zero attached hydrogens (tertiary/aromatic N) is 1. The van der Waals surface area contributed by atoms with E-state index in [9.17, 15) is 4.79 Å². The maximum Gasteiger partial charge on any atom is 0.251 e. The molecule has 0 amide bonds. The monoisotopic (exact) mass is 244 g/mol. The highest BCUT2D eigenvalue weighted by atomic mass is 16.5. The van der Waals surface area contributed by atoms with Gasteiger partial charge < -0.3 is 9.72 Å². The van der Waals surface area contributed by atoms with Crippen LogP contribution in [0.25, 0.3) is 11.3 Å². The van der Waals surface area contributed by atoms with Crippen LogP contribution < -0.4 is 5.56 Å². The van der Waals surface area contributed by atoms with Crippen LogP contribution in [-0.4, -0.2) is 17.1 Å². The van der Waals surface area contributed by atoms with Gasteiger partial charge in [-0.3, -0.25) is 4.79 Å². The molecule has 0 spiro atoms. The number of benzene rings is 1. The number of nitrogens with one attached hydrogen (secondary N) is 1. The highest BCUT2D eigenvalue weighted by molar-refractivity contribution is 5.60. The molecule has 1 aromatic heterocycles. The van der Waals surface area contributed by atoms with Crippen LogP contribution in [0.1, 0.15) is 17.0 Å². The first-order valence-corrected chi connectivity index (χ1v) is 5.77. The fourth-order valence-corrected chi connectivity index (χ4v) is 1.76. The summed E-state index contributed by atoms with van der Waals surface area (Å²) in [5.74, 6) is 0.540. The van der Waals surface area contributed by atoms with Gasteiger partial charge in [-0.1, -0.05) is 12.1 Å². The molecule has 0 radical (unpaired) electrons. The topological polar surface area (TPSA) is 55.0 Å². The molecule has 4 nitrogen and oxygen atoms in total. The van der Waals surface area contributed by atoms with Gasteiger partial charge in [0, 0.05) is 18.7 Å². The van der Waals surface area contributed by atoms with Crippen LogP contribution in [0.5, 0.6) is 0 Å². The Bertz CT molecular complexity index is 617. The second-order valence-corrected chi connectivity index (χ2v) is 4.31. The predicted octanol–water partition coefficient (Wildman–Crippen LogP) is 2.20. The van der Waals surface area contributed by atoms with E-state index in [2.05, 4.69) is 16.9 Å². The van der Waals surface area contributed by atoms with Crippen molar-refractivity contribution in [3.63, 3.8) is 0 Å². The molecule has 0 aliphatic rings. The van der Waals surface area contributed by atoms with Crippen molar-refractivity contribution in [3.05, 3.63) is 51.6 Å². The summed E-state index contributed by atoms with van der Waals surface area (Å²) < 4.78 is 4.98.